The second kappa shape index (κ2) is 6.62. The van der Waals surface area contributed by atoms with Gasteiger partial charge in [-0.3, -0.25) is 0 Å². The van der Waals surface area contributed by atoms with Crippen LogP contribution in [-0.2, 0) is 19.0 Å². The van der Waals surface area contributed by atoms with Gasteiger partial charge < -0.3 is 5.32 Å². The Bertz CT molecular complexity index is 572. The highest BCUT2D eigenvalue weighted by Crippen LogP contribution is 2.31. The third kappa shape index (κ3) is 4.08. The van der Waals surface area contributed by atoms with Crippen LogP contribution in [0.25, 0.3) is 0 Å². The number of halogens is 3. The van der Waals surface area contributed by atoms with Crippen molar-refractivity contribution >= 4 is 11.3 Å². The summed E-state index contributed by atoms with van der Waals surface area (Å²) in [6.45, 7) is 2.11. The molecular formula is C16H18F3NS. The zero-order valence-corrected chi connectivity index (χ0v) is 12.8. The molecule has 0 radical (unpaired) electrons. The molecule has 0 aliphatic heterocycles. The van der Waals surface area contributed by atoms with Crippen LogP contribution in [-0.4, -0.2) is 7.05 Å². The van der Waals surface area contributed by atoms with Crippen molar-refractivity contribution in [2.24, 2.45) is 0 Å². The van der Waals surface area contributed by atoms with Crippen molar-refractivity contribution in [3.63, 3.8) is 0 Å². The van der Waals surface area contributed by atoms with Crippen LogP contribution >= 0.6 is 11.3 Å². The molecule has 0 aliphatic rings. The summed E-state index contributed by atoms with van der Waals surface area (Å²) in [6, 6.07) is 9.63. The van der Waals surface area contributed by atoms with Crippen LogP contribution in [0.1, 0.15) is 33.8 Å². The Morgan fingerprint density at radius 3 is 2.14 bits per heavy atom. The van der Waals surface area contributed by atoms with Crippen LogP contribution < -0.4 is 5.32 Å². The summed E-state index contributed by atoms with van der Waals surface area (Å²) in [5.74, 6) is 0. The minimum absolute atomic E-state index is 0.0237. The van der Waals surface area contributed by atoms with E-state index in [9.17, 15) is 13.2 Å². The van der Waals surface area contributed by atoms with Crippen molar-refractivity contribution < 1.29 is 13.2 Å². The molecule has 0 bridgehead atoms. The van der Waals surface area contributed by atoms with Gasteiger partial charge in [-0.25, -0.2) is 0 Å². The topological polar surface area (TPSA) is 12.0 Å². The van der Waals surface area contributed by atoms with Crippen LogP contribution in [0.2, 0.25) is 0 Å². The first-order valence-electron chi connectivity index (χ1n) is 6.86. The van der Waals surface area contributed by atoms with Crippen LogP contribution in [0, 0.1) is 0 Å². The average molecular weight is 313 g/mol. The summed E-state index contributed by atoms with van der Waals surface area (Å²) >= 11 is 1.76. The highest BCUT2D eigenvalue weighted by Gasteiger charge is 2.30. The Labute approximate surface area is 126 Å². The summed E-state index contributed by atoms with van der Waals surface area (Å²) in [5.41, 5.74) is 0.266. The lowest BCUT2D eigenvalue weighted by molar-refractivity contribution is -0.137. The first-order chi connectivity index (χ1) is 9.94. The standard InChI is InChI=1S/C16H18F3NS/c1-3-13-8-9-14(21-13)10-15(20-2)11-4-6-12(7-5-11)16(17,18)19/h4-9,15,20H,3,10H2,1-2H3. The van der Waals surface area contributed by atoms with Crippen molar-refractivity contribution in [2.75, 3.05) is 7.05 Å². The lowest BCUT2D eigenvalue weighted by atomic mass is 10.0. The van der Waals surface area contributed by atoms with Gasteiger partial charge in [-0.2, -0.15) is 13.2 Å². The van der Waals surface area contributed by atoms with Gasteiger partial charge in [0.15, 0.2) is 0 Å². The number of benzene rings is 1. The number of hydrogen-bond donors (Lipinski definition) is 1. The Kier molecular flexibility index (Phi) is 5.06. The molecule has 1 nitrogen and oxygen atoms in total. The molecule has 1 aromatic heterocycles. The number of aryl methyl sites for hydroxylation is 1. The van der Waals surface area contributed by atoms with Gasteiger partial charge in [0.25, 0.3) is 0 Å². The number of likely N-dealkylation sites (N-methyl/N-ethyl adjacent to an activating group) is 1. The number of hydrogen-bond acceptors (Lipinski definition) is 2. The zero-order chi connectivity index (χ0) is 15.5. The van der Waals surface area contributed by atoms with Crippen LogP contribution in [0.3, 0.4) is 0 Å². The van der Waals surface area contributed by atoms with Crippen LogP contribution in [0.15, 0.2) is 36.4 Å². The maximum atomic E-state index is 12.6. The van der Waals surface area contributed by atoms with Gasteiger partial charge in [-0.15, -0.1) is 11.3 Å². The normalized spacial score (nSPS) is 13.4. The van der Waals surface area contributed by atoms with E-state index in [1.165, 1.54) is 9.75 Å². The van der Waals surface area contributed by atoms with Crippen molar-refractivity contribution in [2.45, 2.75) is 32.0 Å². The summed E-state index contributed by atoms with van der Waals surface area (Å²) in [6.07, 6.45) is -2.49. The first-order valence-corrected chi connectivity index (χ1v) is 7.67. The Morgan fingerprint density at radius 2 is 1.67 bits per heavy atom. The van der Waals surface area contributed by atoms with E-state index in [2.05, 4.69) is 24.4 Å². The van der Waals surface area contributed by atoms with Crippen LogP contribution in [0.4, 0.5) is 13.2 Å². The average Bonchev–Trinajstić information content (AvgIpc) is 2.92. The highest BCUT2D eigenvalue weighted by molar-refractivity contribution is 7.11. The van der Waals surface area contributed by atoms with Crippen molar-refractivity contribution in [1.82, 2.24) is 5.32 Å². The molecule has 2 rings (SSSR count). The summed E-state index contributed by atoms with van der Waals surface area (Å²) in [7, 11) is 1.83. The fraction of sp³-hybridized carbons (Fsp3) is 0.375. The maximum absolute atomic E-state index is 12.6. The third-order valence-corrected chi connectivity index (χ3v) is 4.71. The molecule has 1 unspecified atom stereocenters. The Morgan fingerprint density at radius 1 is 1.05 bits per heavy atom. The summed E-state index contributed by atoms with van der Waals surface area (Å²) in [5, 5.41) is 3.18. The largest absolute Gasteiger partial charge is 0.416 e. The Balaban J connectivity index is 2.13. The van der Waals surface area contributed by atoms with Crippen LogP contribution in [0.5, 0.6) is 0 Å². The van der Waals surface area contributed by atoms with Crippen molar-refractivity contribution in [1.29, 1.82) is 0 Å². The van der Waals surface area contributed by atoms with E-state index in [0.717, 1.165) is 30.5 Å². The van der Waals surface area contributed by atoms with Crippen molar-refractivity contribution in [3.8, 4) is 0 Å². The van der Waals surface area contributed by atoms with E-state index in [1.807, 2.05) is 7.05 Å². The molecule has 1 N–H and O–H groups in total. The molecule has 0 amide bonds. The predicted octanol–water partition coefficient (Wildman–Crippen LogP) is 4.83. The Hall–Kier alpha value is -1.33. The van der Waals surface area contributed by atoms with Gasteiger partial charge >= 0.3 is 6.18 Å². The van der Waals surface area contributed by atoms with E-state index < -0.39 is 11.7 Å². The second-order valence-electron chi connectivity index (χ2n) is 4.89. The molecule has 1 heterocycles. The molecule has 0 fully saturated rings. The lowest BCUT2D eigenvalue weighted by Crippen LogP contribution is -2.18. The van der Waals surface area contributed by atoms with E-state index in [0.29, 0.717) is 0 Å². The van der Waals surface area contributed by atoms with Gasteiger partial charge in [0.1, 0.15) is 0 Å². The third-order valence-electron chi connectivity index (χ3n) is 3.46. The summed E-state index contributed by atoms with van der Waals surface area (Å²) < 4.78 is 37.7. The van der Waals surface area contributed by atoms with Gasteiger partial charge in [0.2, 0.25) is 0 Å². The smallest absolute Gasteiger partial charge is 0.313 e. The molecule has 2 aromatic rings. The molecule has 114 valence electrons. The van der Waals surface area contributed by atoms with E-state index in [4.69, 9.17) is 0 Å². The molecule has 21 heavy (non-hydrogen) atoms. The highest BCUT2D eigenvalue weighted by atomic mass is 32.1. The molecule has 5 heteroatoms. The zero-order valence-electron chi connectivity index (χ0n) is 12.0. The fourth-order valence-corrected chi connectivity index (χ4v) is 3.22. The van der Waals surface area contributed by atoms with Gasteiger partial charge in [-0.05, 0) is 43.3 Å². The molecule has 1 aromatic carbocycles. The minimum atomic E-state index is -4.28. The molecule has 0 aliphatic carbocycles. The molecule has 1 atom stereocenters. The first kappa shape index (κ1) is 16.0. The molecule has 0 saturated carbocycles. The van der Waals surface area contributed by atoms with E-state index in [-0.39, 0.29) is 6.04 Å². The molecule has 0 saturated heterocycles. The molecular weight excluding hydrogens is 295 g/mol. The van der Waals surface area contributed by atoms with E-state index >= 15 is 0 Å². The van der Waals surface area contributed by atoms with Crippen molar-refractivity contribution in [3.05, 3.63) is 57.3 Å². The van der Waals surface area contributed by atoms with Gasteiger partial charge in [0.05, 0.1) is 5.56 Å². The van der Waals surface area contributed by atoms with Gasteiger partial charge in [0, 0.05) is 22.2 Å². The summed E-state index contributed by atoms with van der Waals surface area (Å²) in [4.78, 5) is 2.57. The predicted molar refractivity (Wildman–Crippen MR) is 80.6 cm³/mol. The maximum Gasteiger partial charge on any atom is 0.416 e. The number of rotatable bonds is 5. The SMILES string of the molecule is CCc1ccc(CC(NC)c2ccc(C(F)(F)F)cc2)s1. The quantitative estimate of drug-likeness (QED) is 0.833. The molecule has 0 spiro atoms. The lowest BCUT2D eigenvalue weighted by Gasteiger charge is -2.17. The second-order valence-corrected chi connectivity index (χ2v) is 6.14. The minimum Gasteiger partial charge on any atom is -0.313 e. The number of alkyl halides is 3. The number of thiophene rings is 1. The fourth-order valence-electron chi connectivity index (χ4n) is 2.21. The van der Waals surface area contributed by atoms with E-state index in [1.54, 1.807) is 23.5 Å². The monoisotopic (exact) mass is 313 g/mol. The van der Waals surface area contributed by atoms with Gasteiger partial charge in [-0.1, -0.05) is 19.1 Å². The number of nitrogens with one attached hydrogen (secondary N) is 1.